The molecule has 0 saturated heterocycles. The minimum Gasteiger partial charge on any atom is -1.00 e. The Bertz CT molecular complexity index is 353. The number of ether oxygens (including phenoxy) is 1. The summed E-state index contributed by atoms with van der Waals surface area (Å²) in [7, 11) is -4.37. The summed E-state index contributed by atoms with van der Waals surface area (Å²) in [5.41, 5.74) is -0.347. The van der Waals surface area contributed by atoms with Gasteiger partial charge in [0.2, 0.25) is 0 Å². The number of rotatable bonds is 8. The zero-order valence-electron chi connectivity index (χ0n) is 15.3. The Morgan fingerprint density at radius 3 is 1.79 bits per heavy atom. The molecule has 0 aromatic heterocycles. The van der Waals surface area contributed by atoms with E-state index in [-0.39, 0.29) is 16.1 Å². The van der Waals surface area contributed by atoms with Crippen LogP contribution < -0.4 is 4.70 Å². The van der Waals surface area contributed by atoms with Crippen LogP contribution in [0.1, 0.15) is 47.0 Å². The van der Waals surface area contributed by atoms with Crippen LogP contribution in [0.15, 0.2) is 0 Å². The number of unbranched alkanes of at least 4 members (excludes halogenated alkanes) is 1. The third kappa shape index (κ3) is 21.4. The van der Waals surface area contributed by atoms with Gasteiger partial charge >= 0.3 is 35.1 Å². The summed E-state index contributed by atoms with van der Waals surface area (Å²) in [5, 5.41) is 0. The van der Waals surface area contributed by atoms with Gasteiger partial charge in [-0.3, -0.25) is 4.79 Å². The van der Waals surface area contributed by atoms with Crippen molar-refractivity contribution in [3.8, 4) is 0 Å². The summed E-state index contributed by atoms with van der Waals surface area (Å²) >= 11 is 0. The first kappa shape index (κ1) is 28.3. The molecular formula is C14H31F6NO2P-. The van der Waals surface area contributed by atoms with Gasteiger partial charge in [0.1, 0.15) is 13.2 Å². The summed E-state index contributed by atoms with van der Waals surface area (Å²) in [6, 6.07) is 0. The van der Waals surface area contributed by atoms with E-state index in [9.17, 15) is 25.8 Å². The fourth-order valence-corrected chi connectivity index (χ4v) is 1.42. The quantitative estimate of drug-likeness (QED) is 0.276. The maximum Gasteiger partial charge on any atom is -1.00 e. The Balaban J connectivity index is -0.000000538. The van der Waals surface area contributed by atoms with Gasteiger partial charge in [-0.1, -0.05) is 20.3 Å². The number of hydrogen-bond donors (Lipinski definition) is 0. The van der Waals surface area contributed by atoms with Crippen LogP contribution in [-0.4, -0.2) is 44.2 Å². The normalized spacial score (nSPS) is 13.7. The summed E-state index contributed by atoms with van der Waals surface area (Å²) in [4.78, 5) is 11.8. The van der Waals surface area contributed by atoms with Gasteiger partial charge in [0, 0.05) is 0 Å². The van der Waals surface area contributed by atoms with E-state index < -0.39 is 8.16 Å². The Kier molecular flexibility index (Phi) is 12.3. The summed E-state index contributed by atoms with van der Waals surface area (Å²) in [5.74, 6) is -0.0736. The fraction of sp³-hybridized carbons (Fsp3) is 0.929. The Hall–Kier alpha value is -0.560. The molecule has 0 aromatic rings. The number of esters is 1. The van der Waals surface area contributed by atoms with Crippen LogP contribution in [0.2, 0.25) is 0 Å². The summed E-state index contributed by atoms with van der Waals surface area (Å²) < 4.78 is 55.6. The van der Waals surface area contributed by atoms with Crippen molar-refractivity contribution in [2.45, 2.75) is 47.0 Å². The first-order valence-electron chi connectivity index (χ1n) is 7.69. The van der Waals surface area contributed by atoms with Crippen LogP contribution in [0.25, 0.3) is 0 Å². The zero-order chi connectivity index (χ0) is 19.0. The van der Waals surface area contributed by atoms with Gasteiger partial charge in [0.05, 0.1) is 26.1 Å². The van der Waals surface area contributed by atoms with Gasteiger partial charge in [-0.2, -0.15) is 0 Å². The van der Waals surface area contributed by atoms with E-state index in [4.69, 9.17) is 4.74 Å². The number of halogens is 6. The predicted octanol–water partition coefficient (Wildman–Crippen LogP) is 2.54. The van der Waals surface area contributed by atoms with Crippen molar-refractivity contribution in [1.29, 1.82) is 0 Å². The molecule has 0 saturated carbocycles. The Morgan fingerprint density at radius 1 is 1.04 bits per heavy atom. The third-order valence-corrected chi connectivity index (χ3v) is 3.48. The molecule has 0 unspecified atom stereocenters. The van der Waals surface area contributed by atoms with E-state index >= 15 is 0 Å². The second kappa shape index (κ2) is 10.4. The number of quaternary nitrogens is 1. The predicted molar refractivity (Wildman–Crippen MR) is 85.6 cm³/mol. The van der Waals surface area contributed by atoms with Crippen LogP contribution >= 0.6 is 8.16 Å². The van der Waals surface area contributed by atoms with E-state index in [1.54, 1.807) is 0 Å². The molecule has 0 radical (unpaired) electrons. The maximum atomic E-state index is 11.8. The van der Waals surface area contributed by atoms with Gasteiger partial charge in [-0.25, -0.2) is 0 Å². The van der Waals surface area contributed by atoms with Crippen LogP contribution in [0.3, 0.4) is 0 Å². The number of nitrogens with zero attached hydrogens (tertiary/aromatic N) is 1. The van der Waals surface area contributed by atoms with Crippen LogP contribution in [0.5, 0.6) is 0 Å². The molecule has 0 spiro atoms. The van der Waals surface area contributed by atoms with Crippen molar-refractivity contribution in [3.05, 3.63) is 0 Å². The molecule has 0 bridgehead atoms. The van der Waals surface area contributed by atoms with Crippen molar-refractivity contribution >= 4 is 14.1 Å². The molecule has 0 amide bonds. The van der Waals surface area contributed by atoms with E-state index in [0.717, 1.165) is 24.0 Å². The maximum absolute atomic E-state index is 11.8. The molecule has 0 N–H and O–H groups in total. The molecule has 0 heterocycles. The van der Waals surface area contributed by atoms with Gasteiger partial charge in [0.25, 0.3) is 0 Å². The SMILES string of the molecule is CCCC[N+](C)(C)CCOC(=O)C(C)(C)CC.F[PH-](F)(F)(F)F.[F-]. The van der Waals surface area contributed by atoms with Gasteiger partial charge < -0.3 is 13.9 Å². The summed E-state index contributed by atoms with van der Waals surface area (Å²) in [6.45, 7) is 10.7. The number of carbonyl (C=O) groups excluding carboxylic acids is 1. The molecule has 0 aliphatic carbocycles. The van der Waals surface area contributed by atoms with Crippen molar-refractivity contribution in [2.75, 3.05) is 33.8 Å². The van der Waals surface area contributed by atoms with Crippen LogP contribution in [0, 0.1) is 5.41 Å². The van der Waals surface area contributed by atoms with Crippen LogP contribution in [0.4, 0.5) is 21.0 Å². The standard InChI is InChI=1S/C14H30NO2.F5HP.FH/c1-7-9-10-15(5,6)11-12-17-13(16)14(3,4)8-2;1-6(2,3,4)5;/h7-12H2,1-6H3;6H;1H/q+1;-1;/p-1. The van der Waals surface area contributed by atoms with Crippen molar-refractivity contribution < 1.29 is 39.7 Å². The minimum absolute atomic E-state index is 0. The van der Waals surface area contributed by atoms with Crippen LogP contribution in [-0.2, 0) is 9.53 Å². The third-order valence-electron chi connectivity index (χ3n) is 3.48. The van der Waals surface area contributed by atoms with E-state index in [1.807, 2.05) is 20.8 Å². The van der Waals surface area contributed by atoms with Crippen molar-refractivity contribution in [2.24, 2.45) is 5.41 Å². The molecular weight excluding hydrogens is 359 g/mol. The van der Waals surface area contributed by atoms with Gasteiger partial charge in [0.15, 0.2) is 0 Å². The monoisotopic (exact) mass is 390 g/mol. The number of carbonyl (C=O) groups is 1. The van der Waals surface area contributed by atoms with E-state index in [1.165, 1.54) is 12.8 Å². The second-order valence-electron chi connectivity index (χ2n) is 6.82. The average molecular weight is 390 g/mol. The first-order chi connectivity index (χ1) is 9.99. The van der Waals surface area contributed by atoms with Gasteiger partial charge in [-0.15, -0.1) is 0 Å². The Morgan fingerprint density at radius 2 is 1.46 bits per heavy atom. The first-order valence-corrected chi connectivity index (χ1v) is 9.58. The molecule has 24 heavy (non-hydrogen) atoms. The largest absolute Gasteiger partial charge is 1.00 e. The molecule has 10 heteroatoms. The van der Waals surface area contributed by atoms with E-state index in [2.05, 4.69) is 21.0 Å². The Labute approximate surface area is 141 Å². The smallest absolute Gasteiger partial charge is 1.00 e. The molecule has 0 fully saturated rings. The molecule has 0 atom stereocenters. The molecule has 0 aromatic carbocycles. The minimum atomic E-state index is -8.75. The molecule has 152 valence electrons. The molecule has 0 rings (SSSR count). The van der Waals surface area contributed by atoms with Gasteiger partial charge in [-0.05, 0) is 26.7 Å². The topological polar surface area (TPSA) is 26.3 Å². The average Bonchev–Trinajstić information content (AvgIpc) is 2.33. The molecule has 0 aliphatic heterocycles. The zero-order valence-corrected chi connectivity index (χ0v) is 16.3. The van der Waals surface area contributed by atoms with Crippen molar-refractivity contribution in [3.63, 3.8) is 0 Å². The van der Waals surface area contributed by atoms with Crippen molar-refractivity contribution in [1.82, 2.24) is 0 Å². The second-order valence-corrected chi connectivity index (χ2v) is 8.25. The molecule has 3 nitrogen and oxygen atoms in total. The van der Waals surface area contributed by atoms with E-state index in [0.29, 0.717) is 6.61 Å². The number of likely N-dealkylation sites (N-methyl/N-ethyl adjacent to an activating group) is 1. The fourth-order valence-electron chi connectivity index (χ4n) is 1.42. The summed E-state index contributed by atoms with van der Waals surface area (Å²) in [6.07, 6.45) is 3.26. The number of hydrogen-bond acceptors (Lipinski definition) is 2. The molecule has 0 aliphatic rings.